The number of nitrogens with zero attached hydrogens (tertiary/aromatic N) is 2. The Kier molecular flexibility index (Phi) is 3.17. The lowest BCUT2D eigenvalue weighted by Gasteiger charge is -2.23. The lowest BCUT2D eigenvalue weighted by molar-refractivity contribution is 0.0226. The molecule has 2 N–H and O–H groups in total. The fourth-order valence-electron chi connectivity index (χ4n) is 2.50. The van der Waals surface area contributed by atoms with E-state index in [9.17, 15) is 0 Å². The number of aryl methyl sites for hydroxylation is 1. The number of hydrogen-bond acceptors (Lipinski definition) is 3. The number of aromatic nitrogens is 2. The maximum Gasteiger partial charge on any atom is 0.127 e. The first kappa shape index (κ1) is 12.4. The Morgan fingerprint density at radius 3 is 2.82 bits per heavy atom. The number of rotatable bonds is 3. The summed E-state index contributed by atoms with van der Waals surface area (Å²) in [5.74, 6) is 1.97. The molecule has 0 aromatic carbocycles. The van der Waals surface area contributed by atoms with Crippen molar-refractivity contribution in [2.75, 3.05) is 12.8 Å². The lowest BCUT2D eigenvalue weighted by atomic mass is 10.0. The van der Waals surface area contributed by atoms with Crippen LogP contribution in [0.1, 0.15) is 51.2 Å². The van der Waals surface area contributed by atoms with Crippen LogP contribution in [0.3, 0.4) is 0 Å². The molecule has 0 aliphatic carbocycles. The number of methoxy groups -OCH3 is 1. The minimum absolute atomic E-state index is 0.206. The van der Waals surface area contributed by atoms with Crippen molar-refractivity contribution in [1.29, 1.82) is 0 Å². The molecule has 1 aliphatic rings. The van der Waals surface area contributed by atoms with Crippen LogP contribution in [0, 0.1) is 0 Å². The zero-order chi connectivity index (χ0) is 12.6. The molecule has 0 saturated carbocycles. The lowest BCUT2D eigenvalue weighted by Crippen LogP contribution is -2.26. The Labute approximate surface area is 103 Å². The molecule has 0 radical (unpaired) electrons. The molecule has 4 nitrogen and oxygen atoms in total. The van der Waals surface area contributed by atoms with Crippen LogP contribution >= 0.6 is 0 Å². The van der Waals surface area contributed by atoms with Gasteiger partial charge in [0.15, 0.2) is 0 Å². The third kappa shape index (κ3) is 2.32. The van der Waals surface area contributed by atoms with E-state index in [0.717, 1.165) is 30.2 Å². The van der Waals surface area contributed by atoms with Gasteiger partial charge in [-0.05, 0) is 33.6 Å². The summed E-state index contributed by atoms with van der Waals surface area (Å²) in [6.45, 7) is 6.34. The van der Waals surface area contributed by atoms with Gasteiger partial charge in [0.2, 0.25) is 0 Å². The Balaban J connectivity index is 2.31. The highest BCUT2D eigenvalue weighted by Gasteiger charge is 2.26. The topological polar surface area (TPSA) is 53.1 Å². The van der Waals surface area contributed by atoms with Crippen molar-refractivity contribution < 1.29 is 4.74 Å². The first-order valence-corrected chi connectivity index (χ1v) is 6.35. The van der Waals surface area contributed by atoms with Gasteiger partial charge in [0.1, 0.15) is 11.6 Å². The summed E-state index contributed by atoms with van der Waals surface area (Å²) in [4.78, 5) is 4.69. The first-order valence-electron chi connectivity index (χ1n) is 6.35. The Morgan fingerprint density at radius 2 is 2.24 bits per heavy atom. The predicted molar refractivity (Wildman–Crippen MR) is 69.1 cm³/mol. The van der Waals surface area contributed by atoms with E-state index in [-0.39, 0.29) is 5.60 Å². The number of nitrogen functional groups attached to an aromatic ring is 1. The maximum atomic E-state index is 6.22. The van der Waals surface area contributed by atoms with Gasteiger partial charge >= 0.3 is 0 Å². The Morgan fingerprint density at radius 1 is 1.53 bits per heavy atom. The second-order valence-corrected chi connectivity index (χ2v) is 5.61. The van der Waals surface area contributed by atoms with Gasteiger partial charge in [0.25, 0.3) is 0 Å². The highest BCUT2D eigenvalue weighted by Crippen LogP contribution is 2.31. The van der Waals surface area contributed by atoms with Crippen molar-refractivity contribution in [3.8, 4) is 0 Å². The SMILES string of the molecule is COC(C)(C)Cc1nc2n(c1N)C(C)CCC2. The number of imidazole rings is 1. The smallest absolute Gasteiger partial charge is 0.127 e. The fraction of sp³-hybridized carbons (Fsp3) is 0.769. The molecule has 0 bridgehead atoms. The molecule has 17 heavy (non-hydrogen) atoms. The Bertz CT molecular complexity index is 409. The van der Waals surface area contributed by atoms with Crippen LogP contribution in [-0.4, -0.2) is 22.3 Å². The van der Waals surface area contributed by atoms with Crippen LogP contribution in [0.4, 0.5) is 5.82 Å². The molecule has 96 valence electrons. The molecule has 1 aliphatic heterocycles. The standard InChI is InChI=1S/C13H23N3O/c1-9-6-5-7-11-15-10(12(14)16(9)11)8-13(2,3)17-4/h9H,5-8,14H2,1-4H3. The van der Waals surface area contributed by atoms with Crippen molar-refractivity contribution in [1.82, 2.24) is 9.55 Å². The quantitative estimate of drug-likeness (QED) is 0.877. The van der Waals surface area contributed by atoms with Gasteiger partial charge in [0.05, 0.1) is 11.3 Å². The normalized spacial score (nSPS) is 20.4. The second kappa shape index (κ2) is 4.33. The number of ether oxygens (including phenoxy) is 1. The number of fused-ring (bicyclic) bond motifs is 1. The van der Waals surface area contributed by atoms with Gasteiger partial charge in [-0.3, -0.25) is 0 Å². The first-order chi connectivity index (χ1) is 7.94. The van der Waals surface area contributed by atoms with E-state index in [1.54, 1.807) is 7.11 Å². The van der Waals surface area contributed by atoms with Gasteiger partial charge < -0.3 is 15.0 Å². The molecule has 1 aromatic heterocycles. The predicted octanol–water partition coefficient (Wildman–Crippen LogP) is 2.33. The third-order valence-corrected chi connectivity index (χ3v) is 3.71. The highest BCUT2D eigenvalue weighted by atomic mass is 16.5. The number of hydrogen-bond donors (Lipinski definition) is 1. The van der Waals surface area contributed by atoms with E-state index < -0.39 is 0 Å². The monoisotopic (exact) mass is 237 g/mol. The van der Waals surface area contributed by atoms with Crippen molar-refractivity contribution >= 4 is 5.82 Å². The van der Waals surface area contributed by atoms with Crippen LogP contribution in [0.15, 0.2) is 0 Å². The molecular weight excluding hydrogens is 214 g/mol. The summed E-state index contributed by atoms with van der Waals surface area (Å²) in [5.41, 5.74) is 7.00. The van der Waals surface area contributed by atoms with E-state index in [2.05, 4.69) is 25.3 Å². The van der Waals surface area contributed by atoms with Crippen LogP contribution < -0.4 is 5.73 Å². The zero-order valence-corrected chi connectivity index (χ0v) is 11.3. The van der Waals surface area contributed by atoms with E-state index >= 15 is 0 Å². The molecule has 0 amide bonds. The fourth-order valence-corrected chi connectivity index (χ4v) is 2.50. The highest BCUT2D eigenvalue weighted by molar-refractivity contribution is 5.40. The minimum Gasteiger partial charge on any atom is -0.384 e. The molecule has 2 rings (SSSR count). The molecule has 4 heteroatoms. The van der Waals surface area contributed by atoms with E-state index in [4.69, 9.17) is 15.5 Å². The van der Waals surface area contributed by atoms with Crippen LogP contribution in [-0.2, 0) is 17.6 Å². The van der Waals surface area contributed by atoms with Gasteiger partial charge in [-0.15, -0.1) is 0 Å². The largest absolute Gasteiger partial charge is 0.384 e. The van der Waals surface area contributed by atoms with Crippen molar-refractivity contribution in [2.24, 2.45) is 0 Å². The molecule has 1 unspecified atom stereocenters. The maximum absolute atomic E-state index is 6.22. The van der Waals surface area contributed by atoms with E-state index in [1.165, 1.54) is 12.8 Å². The van der Waals surface area contributed by atoms with Gasteiger partial charge in [-0.1, -0.05) is 0 Å². The van der Waals surface area contributed by atoms with Crippen LogP contribution in [0.5, 0.6) is 0 Å². The second-order valence-electron chi connectivity index (χ2n) is 5.61. The van der Waals surface area contributed by atoms with Crippen LogP contribution in [0.2, 0.25) is 0 Å². The van der Waals surface area contributed by atoms with Gasteiger partial charge in [0, 0.05) is 26.0 Å². The summed E-state index contributed by atoms with van der Waals surface area (Å²) in [6, 6.07) is 0.477. The Hall–Kier alpha value is -1.03. The van der Waals surface area contributed by atoms with Crippen molar-refractivity contribution in [3.05, 3.63) is 11.5 Å². The van der Waals surface area contributed by atoms with Gasteiger partial charge in [-0.2, -0.15) is 0 Å². The molecule has 0 saturated heterocycles. The summed E-state index contributed by atoms with van der Waals surface area (Å²) in [6.07, 6.45) is 4.22. The molecule has 1 aromatic rings. The van der Waals surface area contributed by atoms with Crippen molar-refractivity contribution in [3.63, 3.8) is 0 Å². The summed E-state index contributed by atoms with van der Waals surface area (Å²) in [7, 11) is 1.73. The summed E-state index contributed by atoms with van der Waals surface area (Å²) in [5, 5.41) is 0. The zero-order valence-electron chi connectivity index (χ0n) is 11.3. The van der Waals surface area contributed by atoms with Crippen molar-refractivity contribution in [2.45, 2.75) is 58.1 Å². The average Bonchev–Trinajstić information content (AvgIpc) is 2.57. The molecule has 0 spiro atoms. The van der Waals surface area contributed by atoms with E-state index in [0.29, 0.717) is 6.04 Å². The average molecular weight is 237 g/mol. The third-order valence-electron chi connectivity index (χ3n) is 3.71. The number of nitrogens with two attached hydrogens (primary N) is 1. The minimum atomic E-state index is -0.206. The molecule has 1 atom stereocenters. The van der Waals surface area contributed by atoms with E-state index in [1.807, 2.05) is 0 Å². The molecule has 0 fully saturated rings. The number of anilines is 1. The molecule has 2 heterocycles. The van der Waals surface area contributed by atoms with Crippen LogP contribution in [0.25, 0.3) is 0 Å². The van der Waals surface area contributed by atoms with Gasteiger partial charge in [-0.25, -0.2) is 4.98 Å². The molecular formula is C13H23N3O. The summed E-state index contributed by atoms with van der Waals surface area (Å²) >= 11 is 0. The summed E-state index contributed by atoms with van der Waals surface area (Å²) < 4.78 is 7.65.